The van der Waals surface area contributed by atoms with Crippen LogP contribution in [0.15, 0.2) is 95.8 Å². The number of aromatic nitrogens is 1. The molecule has 0 aliphatic carbocycles. The third-order valence-electron chi connectivity index (χ3n) is 3.56. The van der Waals surface area contributed by atoms with Crippen LogP contribution in [0.2, 0.25) is 0 Å². The van der Waals surface area contributed by atoms with Crippen LogP contribution < -0.4 is 4.90 Å². The minimum atomic E-state index is 0.0576. The summed E-state index contributed by atoms with van der Waals surface area (Å²) in [6, 6.07) is 20.6. The topological polar surface area (TPSA) is 61.1 Å². The second kappa shape index (κ2) is 7.88. The third kappa shape index (κ3) is 4.09. The maximum Gasteiger partial charge on any atom is 0.174 e. The number of hydrogen-bond acceptors (Lipinski definition) is 5. The number of aromatic hydroxyl groups is 1. The lowest BCUT2D eigenvalue weighted by Crippen LogP contribution is -2.16. The summed E-state index contributed by atoms with van der Waals surface area (Å²) in [5, 5.41) is 18.4. The van der Waals surface area contributed by atoms with Gasteiger partial charge < -0.3 is 10.0 Å². The monoisotopic (exact) mass is 330 g/mol. The van der Waals surface area contributed by atoms with Crippen molar-refractivity contribution in [3.63, 3.8) is 0 Å². The van der Waals surface area contributed by atoms with Crippen molar-refractivity contribution >= 4 is 22.9 Å². The molecule has 1 aromatic heterocycles. The molecule has 3 rings (SSSR count). The third-order valence-corrected chi connectivity index (χ3v) is 3.56. The van der Waals surface area contributed by atoms with Gasteiger partial charge in [0.2, 0.25) is 0 Å². The fraction of sp³-hybridized carbons (Fsp3) is 0.0500. The molecular weight excluding hydrogens is 312 g/mol. The van der Waals surface area contributed by atoms with Gasteiger partial charge in [-0.3, -0.25) is 0 Å². The van der Waals surface area contributed by atoms with Crippen molar-refractivity contribution in [2.75, 3.05) is 11.4 Å². The first-order valence-corrected chi connectivity index (χ1v) is 7.87. The molecule has 1 heterocycles. The van der Waals surface area contributed by atoms with Gasteiger partial charge in [-0.1, -0.05) is 30.3 Å². The van der Waals surface area contributed by atoms with E-state index in [9.17, 15) is 5.11 Å². The summed E-state index contributed by atoms with van der Waals surface area (Å²) in [6.07, 6.45) is 3.46. The number of para-hydroxylation sites is 1. The molecular formula is C20H18N4O. The highest BCUT2D eigenvalue weighted by Crippen LogP contribution is 2.34. The minimum absolute atomic E-state index is 0.0576. The van der Waals surface area contributed by atoms with Crippen molar-refractivity contribution in [2.24, 2.45) is 10.2 Å². The zero-order valence-corrected chi connectivity index (χ0v) is 13.7. The highest BCUT2D eigenvalue weighted by Gasteiger charge is 2.10. The molecule has 1 N–H and O–H groups in total. The van der Waals surface area contributed by atoms with E-state index in [1.54, 1.807) is 24.4 Å². The number of hydrogen-bond donors (Lipinski definition) is 1. The van der Waals surface area contributed by atoms with E-state index < -0.39 is 0 Å². The van der Waals surface area contributed by atoms with Gasteiger partial charge in [-0.15, -0.1) is 16.8 Å². The van der Waals surface area contributed by atoms with Gasteiger partial charge in [0.15, 0.2) is 5.82 Å². The first-order valence-electron chi connectivity index (χ1n) is 7.87. The summed E-state index contributed by atoms with van der Waals surface area (Å²) in [7, 11) is 0. The molecule has 0 saturated heterocycles. The summed E-state index contributed by atoms with van der Waals surface area (Å²) in [5.41, 5.74) is 2.26. The van der Waals surface area contributed by atoms with E-state index >= 15 is 0 Å². The first-order chi connectivity index (χ1) is 12.3. The highest BCUT2D eigenvalue weighted by molar-refractivity contribution is 5.68. The van der Waals surface area contributed by atoms with Crippen molar-refractivity contribution in [3.05, 3.63) is 85.6 Å². The van der Waals surface area contributed by atoms with Crippen LogP contribution in [0.1, 0.15) is 0 Å². The molecule has 0 bridgehead atoms. The minimum Gasteiger partial charge on any atom is -0.506 e. The average molecular weight is 330 g/mol. The summed E-state index contributed by atoms with van der Waals surface area (Å²) in [6.45, 7) is 4.43. The van der Waals surface area contributed by atoms with E-state index in [0.717, 1.165) is 11.4 Å². The SMILES string of the molecule is C=CCN(c1ccccc1)c1ccc(N=Nc2ccccn2)c(O)c1. The summed E-state index contributed by atoms with van der Waals surface area (Å²) < 4.78 is 0. The van der Waals surface area contributed by atoms with Crippen LogP contribution >= 0.6 is 0 Å². The van der Waals surface area contributed by atoms with Gasteiger partial charge >= 0.3 is 0 Å². The van der Waals surface area contributed by atoms with Gasteiger partial charge in [-0.2, -0.15) is 0 Å². The number of azo groups is 1. The zero-order chi connectivity index (χ0) is 17.5. The van der Waals surface area contributed by atoms with Crippen molar-refractivity contribution in [1.82, 2.24) is 4.98 Å². The van der Waals surface area contributed by atoms with Crippen molar-refractivity contribution in [2.45, 2.75) is 0 Å². The van der Waals surface area contributed by atoms with Gasteiger partial charge in [0.05, 0.1) is 0 Å². The van der Waals surface area contributed by atoms with Crippen molar-refractivity contribution in [3.8, 4) is 5.75 Å². The first kappa shape index (κ1) is 16.4. The van der Waals surface area contributed by atoms with E-state index in [1.807, 2.05) is 59.5 Å². The van der Waals surface area contributed by atoms with E-state index in [4.69, 9.17) is 0 Å². The summed E-state index contributed by atoms with van der Waals surface area (Å²) in [5.74, 6) is 0.547. The summed E-state index contributed by atoms with van der Waals surface area (Å²) >= 11 is 0. The summed E-state index contributed by atoms with van der Waals surface area (Å²) in [4.78, 5) is 6.12. The van der Waals surface area contributed by atoms with Crippen LogP contribution in [0.25, 0.3) is 0 Å². The Morgan fingerprint density at radius 2 is 1.76 bits per heavy atom. The van der Waals surface area contributed by atoms with Gasteiger partial charge in [0, 0.05) is 30.2 Å². The largest absolute Gasteiger partial charge is 0.506 e. The highest BCUT2D eigenvalue weighted by atomic mass is 16.3. The van der Waals surface area contributed by atoms with Crippen LogP contribution in [-0.2, 0) is 0 Å². The number of pyridine rings is 1. The molecule has 0 unspecified atom stereocenters. The smallest absolute Gasteiger partial charge is 0.174 e. The standard InChI is InChI=1S/C20H18N4O/c1-2-14-24(16-8-4-3-5-9-16)17-11-12-18(19(25)15-17)22-23-20-10-6-7-13-21-20/h2-13,15,25H,1,14H2. The molecule has 25 heavy (non-hydrogen) atoms. The molecule has 5 nitrogen and oxygen atoms in total. The number of anilines is 2. The zero-order valence-electron chi connectivity index (χ0n) is 13.7. The quantitative estimate of drug-likeness (QED) is 0.477. The van der Waals surface area contributed by atoms with Gasteiger partial charge in [0.25, 0.3) is 0 Å². The fourth-order valence-corrected chi connectivity index (χ4v) is 2.38. The predicted octanol–water partition coefficient (Wildman–Crippen LogP) is 5.53. The maximum absolute atomic E-state index is 10.3. The molecule has 0 saturated carbocycles. The van der Waals surface area contributed by atoms with Crippen molar-refractivity contribution < 1.29 is 5.11 Å². The van der Waals surface area contributed by atoms with Crippen LogP contribution in [-0.4, -0.2) is 16.6 Å². The number of phenolic OH excluding ortho intramolecular Hbond substituents is 1. The van der Waals surface area contributed by atoms with Crippen LogP contribution in [0.5, 0.6) is 5.75 Å². The van der Waals surface area contributed by atoms with Crippen LogP contribution in [0.4, 0.5) is 22.9 Å². The number of nitrogens with zero attached hydrogens (tertiary/aromatic N) is 4. The molecule has 0 aliphatic heterocycles. The molecule has 0 spiro atoms. The molecule has 2 aromatic carbocycles. The molecule has 0 aliphatic rings. The number of benzene rings is 2. The molecule has 5 heteroatoms. The van der Waals surface area contributed by atoms with E-state index in [1.165, 1.54) is 0 Å². The lowest BCUT2D eigenvalue weighted by molar-refractivity contribution is 0.476. The molecule has 124 valence electrons. The Bertz CT molecular complexity index is 863. The lowest BCUT2D eigenvalue weighted by Gasteiger charge is -2.23. The second-order valence-corrected chi connectivity index (χ2v) is 5.30. The molecule has 0 radical (unpaired) electrons. The molecule has 3 aromatic rings. The molecule has 0 amide bonds. The number of rotatable bonds is 6. The van der Waals surface area contributed by atoms with Gasteiger partial charge in [-0.05, 0) is 36.4 Å². The molecule has 0 fully saturated rings. The molecule has 0 atom stereocenters. The number of phenols is 1. The van der Waals surface area contributed by atoms with Gasteiger partial charge in [0.1, 0.15) is 11.4 Å². The normalized spacial score (nSPS) is 10.7. The Kier molecular flexibility index (Phi) is 5.16. The van der Waals surface area contributed by atoms with Gasteiger partial charge in [-0.25, -0.2) is 4.98 Å². The Labute approximate surface area is 146 Å². The Morgan fingerprint density at radius 1 is 0.960 bits per heavy atom. The van der Waals surface area contributed by atoms with E-state index in [-0.39, 0.29) is 5.75 Å². The Morgan fingerprint density at radius 3 is 2.44 bits per heavy atom. The van der Waals surface area contributed by atoms with E-state index in [2.05, 4.69) is 21.8 Å². The lowest BCUT2D eigenvalue weighted by atomic mass is 10.2. The van der Waals surface area contributed by atoms with E-state index in [0.29, 0.717) is 18.1 Å². The van der Waals surface area contributed by atoms with Crippen LogP contribution in [0, 0.1) is 0 Å². The van der Waals surface area contributed by atoms with Crippen molar-refractivity contribution in [1.29, 1.82) is 0 Å². The second-order valence-electron chi connectivity index (χ2n) is 5.30. The predicted molar refractivity (Wildman–Crippen MR) is 100 cm³/mol. The average Bonchev–Trinajstić information content (AvgIpc) is 2.66. The fourth-order valence-electron chi connectivity index (χ4n) is 2.38. The maximum atomic E-state index is 10.3. The van der Waals surface area contributed by atoms with Crippen LogP contribution in [0.3, 0.4) is 0 Å². The Balaban J connectivity index is 1.87. The Hall–Kier alpha value is -3.47.